The van der Waals surface area contributed by atoms with Gasteiger partial charge in [0.05, 0.1) is 12.5 Å². The monoisotopic (exact) mass is 286 g/mol. The van der Waals surface area contributed by atoms with E-state index in [2.05, 4.69) is 6.92 Å². The molecular formula is C16H30O4. The fraction of sp³-hybridized carbons (Fsp3) is 0.875. The number of unbranched alkanes of at least 4 members (excludes halogenated alkanes) is 5. The predicted molar refractivity (Wildman–Crippen MR) is 79.6 cm³/mol. The van der Waals surface area contributed by atoms with Crippen LogP contribution < -0.4 is 0 Å². The smallest absolute Gasteiger partial charge is 0.306 e. The highest BCUT2D eigenvalue weighted by Crippen LogP contribution is 2.13. The number of rotatable bonds is 13. The number of aliphatic carboxylic acids is 1. The lowest BCUT2D eigenvalue weighted by atomic mass is 10.00. The summed E-state index contributed by atoms with van der Waals surface area (Å²) < 4.78 is 5.14. The average molecular weight is 286 g/mol. The molecule has 0 saturated heterocycles. The van der Waals surface area contributed by atoms with Crippen LogP contribution >= 0.6 is 0 Å². The standard InChI is InChI=1S/C16H30O4/c1-3-5-6-7-8-9-13-20-15(17)12-10-11-14(4-2)16(18)19/h14H,3-13H2,1-2H3,(H,18,19). The fourth-order valence-corrected chi connectivity index (χ4v) is 2.14. The lowest BCUT2D eigenvalue weighted by Gasteiger charge is -2.09. The molecular weight excluding hydrogens is 256 g/mol. The summed E-state index contributed by atoms with van der Waals surface area (Å²) in [5.41, 5.74) is 0. The average Bonchev–Trinajstić information content (AvgIpc) is 2.42. The Morgan fingerprint density at radius 3 is 2.25 bits per heavy atom. The van der Waals surface area contributed by atoms with Gasteiger partial charge in [0.1, 0.15) is 0 Å². The molecule has 1 N–H and O–H groups in total. The summed E-state index contributed by atoms with van der Waals surface area (Å²) in [6, 6.07) is 0. The van der Waals surface area contributed by atoms with Crippen molar-refractivity contribution < 1.29 is 19.4 Å². The molecule has 1 unspecified atom stereocenters. The molecule has 0 amide bonds. The SMILES string of the molecule is CCCCCCCCOC(=O)CCCC(CC)C(=O)O. The van der Waals surface area contributed by atoms with E-state index in [-0.39, 0.29) is 11.9 Å². The number of esters is 1. The maximum absolute atomic E-state index is 11.4. The number of ether oxygens (including phenoxy) is 1. The number of hydrogen-bond acceptors (Lipinski definition) is 3. The molecule has 0 spiro atoms. The van der Waals surface area contributed by atoms with Gasteiger partial charge in [-0.2, -0.15) is 0 Å². The zero-order chi connectivity index (χ0) is 15.2. The first-order valence-corrected chi connectivity index (χ1v) is 8.00. The minimum Gasteiger partial charge on any atom is -0.481 e. The Balaban J connectivity index is 3.43. The fourth-order valence-electron chi connectivity index (χ4n) is 2.14. The minimum atomic E-state index is -0.770. The largest absolute Gasteiger partial charge is 0.481 e. The topological polar surface area (TPSA) is 63.6 Å². The van der Waals surface area contributed by atoms with E-state index in [9.17, 15) is 9.59 Å². The van der Waals surface area contributed by atoms with Gasteiger partial charge in [-0.1, -0.05) is 46.0 Å². The number of carboxylic acids is 1. The van der Waals surface area contributed by atoms with Gasteiger partial charge in [0.25, 0.3) is 0 Å². The molecule has 0 radical (unpaired) electrons. The summed E-state index contributed by atoms with van der Waals surface area (Å²) >= 11 is 0. The van der Waals surface area contributed by atoms with Crippen LogP contribution in [0.15, 0.2) is 0 Å². The van der Waals surface area contributed by atoms with Crippen LogP contribution in [0.3, 0.4) is 0 Å². The van der Waals surface area contributed by atoms with Gasteiger partial charge in [-0.3, -0.25) is 9.59 Å². The van der Waals surface area contributed by atoms with Crippen molar-refractivity contribution in [3.05, 3.63) is 0 Å². The van der Waals surface area contributed by atoms with Crippen LogP contribution in [0, 0.1) is 5.92 Å². The maximum atomic E-state index is 11.4. The molecule has 0 bridgehead atoms. The molecule has 0 fully saturated rings. The van der Waals surface area contributed by atoms with Crippen LogP contribution in [0.5, 0.6) is 0 Å². The summed E-state index contributed by atoms with van der Waals surface area (Å²) in [7, 11) is 0. The van der Waals surface area contributed by atoms with E-state index in [1.54, 1.807) is 0 Å². The first kappa shape index (κ1) is 18.9. The first-order valence-electron chi connectivity index (χ1n) is 8.00. The highest BCUT2D eigenvalue weighted by atomic mass is 16.5. The van der Waals surface area contributed by atoms with Crippen LogP contribution in [0.25, 0.3) is 0 Å². The van der Waals surface area contributed by atoms with E-state index in [1.165, 1.54) is 25.7 Å². The van der Waals surface area contributed by atoms with Gasteiger partial charge < -0.3 is 9.84 Å². The van der Waals surface area contributed by atoms with E-state index in [4.69, 9.17) is 9.84 Å². The Bertz CT molecular complexity index is 263. The Hall–Kier alpha value is -1.06. The van der Waals surface area contributed by atoms with E-state index in [1.807, 2.05) is 6.92 Å². The molecule has 118 valence electrons. The van der Waals surface area contributed by atoms with Gasteiger partial charge in [-0.25, -0.2) is 0 Å². The molecule has 0 aliphatic rings. The van der Waals surface area contributed by atoms with Crippen LogP contribution in [0.2, 0.25) is 0 Å². The quantitative estimate of drug-likeness (QED) is 0.407. The van der Waals surface area contributed by atoms with Gasteiger partial charge in [0.15, 0.2) is 0 Å². The lowest BCUT2D eigenvalue weighted by molar-refractivity contribution is -0.145. The summed E-state index contributed by atoms with van der Waals surface area (Å²) in [5.74, 6) is -1.30. The number of carbonyl (C=O) groups excluding carboxylic acids is 1. The normalized spacial score (nSPS) is 12.1. The number of carboxylic acid groups (broad SMARTS) is 1. The Morgan fingerprint density at radius 2 is 1.65 bits per heavy atom. The van der Waals surface area contributed by atoms with Crippen LogP contribution in [0.4, 0.5) is 0 Å². The van der Waals surface area contributed by atoms with Gasteiger partial charge in [-0.15, -0.1) is 0 Å². The van der Waals surface area contributed by atoms with Crippen LogP contribution in [-0.2, 0) is 14.3 Å². The number of carbonyl (C=O) groups is 2. The second-order valence-electron chi connectivity index (χ2n) is 5.32. The van der Waals surface area contributed by atoms with E-state index in [0.29, 0.717) is 32.3 Å². The summed E-state index contributed by atoms with van der Waals surface area (Å²) in [4.78, 5) is 22.3. The van der Waals surface area contributed by atoms with Crippen molar-refractivity contribution >= 4 is 11.9 Å². The zero-order valence-electron chi connectivity index (χ0n) is 13.0. The molecule has 0 aromatic carbocycles. The van der Waals surface area contributed by atoms with Gasteiger partial charge in [0.2, 0.25) is 0 Å². The van der Waals surface area contributed by atoms with E-state index < -0.39 is 5.97 Å². The molecule has 0 aromatic rings. The molecule has 1 atom stereocenters. The van der Waals surface area contributed by atoms with Crippen molar-refractivity contribution in [2.45, 2.75) is 78.1 Å². The summed E-state index contributed by atoms with van der Waals surface area (Å²) in [6.45, 7) is 4.55. The van der Waals surface area contributed by atoms with E-state index >= 15 is 0 Å². The van der Waals surface area contributed by atoms with Crippen molar-refractivity contribution in [3.63, 3.8) is 0 Å². The molecule has 4 heteroatoms. The molecule has 0 rings (SSSR count). The molecule has 0 saturated carbocycles. The Labute approximate surface area is 122 Å². The molecule has 0 heterocycles. The van der Waals surface area contributed by atoms with Gasteiger partial charge in [-0.05, 0) is 25.7 Å². The number of hydrogen-bond donors (Lipinski definition) is 1. The van der Waals surface area contributed by atoms with E-state index in [0.717, 1.165) is 12.8 Å². The third kappa shape index (κ3) is 10.8. The summed E-state index contributed by atoms with van der Waals surface area (Å²) in [6.07, 6.45) is 9.14. The highest BCUT2D eigenvalue weighted by Gasteiger charge is 2.15. The molecule has 0 aromatic heterocycles. The molecule has 0 aliphatic heterocycles. The first-order chi connectivity index (χ1) is 9.61. The second-order valence-corrected chi connectivity index (χ2v) is 5.32. The highest BCUT2D eigenvalue weighted by molar-refractivity contribution is 5.71. The molecule has 0 aliphatic carbocycles. The maximum Gasteiger partial charge on any atom is 0.306 e. The van der Waals surface area contributed by atoms with Crippen LogP contribution in [0.1, 0.15) is 78.1 Å². The molecule has 20 heavy (non-hydrogen) atoms. The van der Waals surface area contributed by atoms with Crippen molar-refractivity contribution in [1.82, 2.24) is 0 Å². The zero-order valence-corrected chi connectivity index (χ0v) is 13.0. The van der Waals surface area contributed by atoms with Gasteiger partial charge in [0, 0.05) is 6.42 Å². The third-order valence-corrected chi connectivity index (χ3v) is 3.54. The lowest BCUT2D eigenvalue weighted by Crippen LogP contribution is -2.13. The van der Waals surface area contributed by atoms with Crippen LogP contribution in [-0.4, -0.2) is 23.7 Å². The predicted octanol–water partition coefficient (Wildman–Crippen LogP) is 4.17. The van der Waals surface area contributed by atoms with Crippen molar-refractivity contribution in [1.29, 1.82) is 0 Å². The third-order valence-electron chi connectivity index (χ3n) is 3.54. The Kier molecular flexibility index (Phi) is 12.3. The molecule has 4 nitrogen and oxygen atoms in total. The van der Waals surface area contributed by atoms with Crippen molar-refractivity contribution in [2.75, 3.05) is 6.61 Å². The summed E-state index contributed by atoms with van der Waals surface area (Å²) in [5, 5.41) is 8.88. The van der Waals surface area contributed by atoms with Gasteiger partial charge >= 0.3 is 11.9 Å². The Morgan fingerprint density at radius 1 is 1.00 bits per heavy atom. The second kappa shape index (κ2) is 12.9. The van der Waals surface area contributed by atoms with Crippen molar-refractivity contribution in [3.8, 4) is 0 Å². The van der Waals surface area contributed by atoms with Crippen molar-refractivity contribution in [2.24, 2.45) is 5.92 Å². The minimum absolute atomic E-state index is 0.196.